The summed E-state index contributed by atoms with van der Waals surface area (Å²) in [5.74, 6) is 0.633. The van der Waals surface area contributed by atoms with Crippen LogP contribution < -0.4 is 20.7 Å². The lowest BCUT2D eigenvalue weighted by Crippen LogP contribution is -2.46. The molecule has 0 aliphatic carbocycles. The second-order valence-corrected chi connectivity index (χ2v) is 8.90. The van der Waals surface area contributed by atoms with Crippen LogP contribution in [-0.4, -0.2) is 100 Å². The number of hydrogen-bond donors (Lipinski definition) is 3. The van der Waals surface area contributed by atoms with Gasteiger partial charge in [0, 0.05) is 59.3 Å². The highest BCUT2D eigenvalue weighted by Gasteiger charge is 2.20. The monoisotopic (exact) mass is 522 g/mol. The van der Waals surface area contributed by atoms with Crippen molar-refractivity contribution in [2.24, 2.45) is 7.05 Å². The van der Waals surface area contributed by atoms with Gasteiger partial charge in [-0.2, -0.15) is 5.10 Å². The average Bonchev–Trinajstić information content (AvgIpc) is 3.37. The van der Waals surface area contributed by atoms with Gasteiger partial charge >= 0.3 is 0 Å². The van der Waals surface area contributed by atoms with E-state index < -0.39 is 5.91 Å². The molecule has 1 aliphatic heterocycles. The van der Waals surface area contributed by atoms with Gasteiger partial charge in [0.05, 0.1) is 24.0 Å². The second-order valence-electron chi connectivity index (χ2n) is 8.90. The Morgan fingerprint density at radius 1 is 1.08 bits per heavy atom. The molecule has 13 nitrogen and oxygen atoms in total. The quantitative estimate of drug-likeness (QED) is 0.357. The van der Waals surface area contributed by atoms with E-state index in [9.17, 15) is 9.59 Å². The molecule has 0 radical (unpaired) electrons. The highest BCUT2D eigenvalue weighted by molar-refractivity contribution is 5.99. The molecule has 0 spiro atoms. The Kier molecular flexibility index (Phi) is 8.81. The third kappa shape index (κ3) is 6.42. The molecule has 13 heteroatoms. The molecule has 3 N–H and O–H groups in total. The van der Waals surface area contributed by atoms with Gasteiger partial charge in [-0.15, -0.1) is 10.2 Å². The van der Waals surface area contributed by atoms with Crippen LogP contribution >= 0.6 is 0 Å². The highest BCUT2D eigenvalue weighted by atomic mass is 16.5. The molecule has 3 heterocycles. The van der Waals surface area contributed by atoms with Crippen LogP contribution in [0.25, 0.3) is 11.4 Å². The first-order chi connectivity index (χ1) is 18.4. The summed E-state index contributed by atoms with van der Waals surface area (Å²) in [6.45, 7) is 7.80. The minimum atomic E-state index is -0.425. The predicted molar refractivity (Wildman–Crippen MR) is 143 cm³/mol. The molecule has 1 aliphatic rings. The lowest BCUT2D eigenvalue weighted by molar-refractivity contribution is -0.116. The molecule has 2 amide bonds. The fourth-order valence-electron chi connectivity index (χ4n) is 4.27. The van der Waals surface area contributed by atoms with Gasteiger partial charge in [-0.3, -0.25) is 14.3 Å². The Morgan fingerprint density at radius 3 is 2.50 bits per heavy atom. The molecule has 1 fully saturated rings. The number of carbonyl (C=O) groups is 2. The van der Waals surface area contributed by atoms with Crippen molar-refractivity contribution in [3.05, 3.63) is 36.3 Å². The summed E-state index contributed by atoms with van der Waals surface area (Å²) in [6.07, 6.45) is 1.94. The third-order valence-electron chi connectivity index (χ3n) is 6.40. The number of benzene rings is 1. The van der Waals surface area contributed by atoms with E-state index in [1.165, 1.54) is 7.05 Å². The van der Waals surface area contributed by atoms with Crippen molar-refractivity contribution in [2.45, 2.75) is 13.3 Å². The molecule has 202 valence electrons. The number of nitrogens with one attached hydrogen (secondary N) is 3. The Bertz CT molecular complexity index is 1270. The largest absolute Gasteiger partial charge is 0.494 e. The first kappa shape index (κ1) is 26.9. The minimum absolute atomic E-state index is 0.0720. The number of nitrogens with zero attached hydrogens (tertiary/aromatic N) is 7. The summed E-state index contributed by atoms with van der Waals surface area (Å²) >= 11 is 0. The van der Waals surface area contributed by atoms with E-state index in [4.69, 9.17) is 4.74 Å². The van der Waals surface area contributed by atoms with Crippen LogP contribution in [0.5, 0.6) is 5.75 Å². The third-order valence-corrected chi connectivity index (χ3v) is 6.40. The molecular formula is C25H34N10O3. The number of carbonyl (C=O) groups excluding carboxylic acids is 2. The number of hydrogen-bond acceptors (Lipinski definition) is 10. The van der Waals surface area contributed by atoms with Crippen molar-refractivity contribution in [1.82, 2.24) is 40.1 Å². The van der Waals surface area contributed by atoms with Crippen LogP contribution in [0.2, 0.25) is 0 Å². The van der Waals surface area contributed by atoms with Gasteiger partial charge in [-0.05, 0) is 18.7 Å². The number of aryl methyl sites for hydroxylation is 1. The van der Waals surface area contributed by atoms with Crippen LogP contribution in [0.1, 0.15) is 23.8 Å². The van der Waals surface area contributed by atoms with Crippen LogP contribution in [0.3, 0.4) is 0 Å². The van der Waals surface area contributed by atoms with Gasteiger partial charge in [-0.1, -0.05) is 13.0 Å². The summed E-state index contributed by atoms with van der Waals surface area (Å²) in [5.41, 5.74) is 1.67. The molecule has 4 rings (SSSR count). The van der Waals surface area contributed by atoms with Crippen LogP contribution in [0.4, 0.5) is 17.2 Å². The van der Waals surface area contributed by atoms with Crippen molar-refractivity contribution < 1.29 is 14.3 Å². The average molecular weight is 523 g/mol. The fraction of sp³-hybridized carbons (Fsp3) is 0.440. The molecule has 0 bridgehead atoms. The first-order valence-corrected chi connectivity index (χ1v) is 12.6. The summed E-state index contributed by atoms with van der Waals surface area (Å²) < 4.78 is 7.27. The second kappa shape index (κ2) is 12.4. The number of anilines is 3. The summed E-state index contributed by atoms with van der Waals surface area (Å²) in [6, 6.07) is 7.06. The normalized spacial score (nSPS) is 14.2. The first-order valence-electron chi connectivity index (χ1n) is 12.6. The Morgan fingerprint density at radius 2 is 1.84 bits per heavy atom. The number of amides is 2. The summed E-state index contributed by atoms with van der Waals surface area (Å²) in [4.78, 5) is 34.2. The molecule has 0 atom stereocenters. The van der Waals surface area contributed by atoms with Crippen LogP contribution in [0, 0.1) is 0 Å². The van der Waals surface area contributed by atoms with E-state index in [0.717, 1.165) is 32.7 Å². The van der Waals surface area contributed by atoms with Gasteiger partial charge in [-0.25, -0.2) is 4.98 Å². The van der Waals surface area contributed by atoms with Gasteiger partial charge in [0.25, 0.3) is 5.91 Å². The topological polar surface area (TPSA) is 142 Å². The van der Waals surface area contributed by atoms with Crippen LogP contribution in [-0.2, 0) is 11.8 Å². The molecule has 0 unspecified atom stereocenters. The van der Waals surface area contributed by atoms with E-state index >= 15 is 0 Å². The zero-order valence-corrected chi connectivity index (χ0v) is 22.2. The molecule has 3 aromatic rings. The number of rotatable bonds is 10. The van der Waals surface area contributed by atoms with Crippen LogP contribution in [0.15, 0.2) is 30.6 Å². The highest BCUT2D eigenvalue weighted by Crippen LogP contribution is 2.37. The summed E-state index contributed by atoms with van der Waals surface area (Å²) in [7, 11) is 4.84. The fourth-order valence-corrected chi connectivity index (χ4v) is 4.27. The van der Waals surface area contributed by atoms with Gasteiger partial charge in [0.1, 0.15) is 6.33 Å². The van der Waals surface area contributed by atoms with Crippen molar-refractivity contribution in [1.29, 1.82) is 0 Å². The van der Waals surface area contributed by atoms with E-state index in [2.05, 4.69) is 53.0 Å². The van der Waals surface area contributed by atoms with Gasteiger partial charge < -0.3 is 30.5 Å². The van der Waals surface area contributed by atoms with Gasteiger partial charge in [0.2, 0.25) is 5.91 Å². The smallest absolute Gasteiger partial charge is 0.273 e. The zero-order valence-electron chi connectivity index (χ0n) is 22.2. The number of para-hydroxylation sites is 1. The van der Waals surface area contributed by atoms with E-state index in [-0.39, 0.29) is 17.4 Å². The molecule has 38 heavy (non-hydrogen) atoms. The maximum atomic E-state index is 12.7. The van der Waals surface area contributed by atoms with Crippen molar-refractivity contribution in [3.63, 3.8) is 0 Å². The van der Waals surface area contributed by atoms with E-state index in [1.807, 2.05) is 12.1 Å². The number of methoxy groups -OCH3 is 1. The number of likely N-dealkylation sites (N-methyl/N-ethyl adjacent to an activating group) is 1. The Hall–Kier alpha value is -4.10. The maximum absolute atomic E-state index is 12.7. The van der Waals surface area contributed by atoms with Gasteiger partial charge in [0.15, 0.2) is 23.1 Å². The van der Waals surface area contributed by atoms with Crippen molar-refractivity contribution in [3.8, 4) is 17.1 Å². The molecule has 1 saturated heterocycles. The zero-order chi connectivity index (χ0) is 27.1. The standard InChI is InChI=1S/C25H34N10O3/c1-5-34-11-13-35(14-12-34)10-9-21(36)29-20-15-19(22(31-30-20)25(37)26-2)28-18-8-6-7-17(23(18)38-4)24-27-16-33(3)32-24/h6-8,15-16H,5,9-14H2,1-4H3,(H,26,37)(H2,28,29,30,36). The number of ether oxygens (including phenoxy) is 1. The van der Waals surface area contributed by atoms with Crippen molar-refractivity contribution in [2.75, 3.05) is 64.1 Å². The lowest BCUT2D eigenvalue weighted by atomic mass is 10.1. The molecule has 2 aromatic heterocycles. The Labute approximate surface area is 221 Å². The molecular weight excluding hydrogens is 488 g/mol. The maximum Gasteiger partial charge on any atom is 0.273 e. The lowest BCUT2D eigenvalue weighted by Gasteiger charge is -2.33. The predicted octanol–water partition coefficient (Wildman–Crippen LogP) is 1.35. The van der Waals surface area contributed by atoms with Crippen molar-refractivity contribution >= 4 is 29.0 Å². The Balaban J connectivity index is 1.51. The van der Waals surface area contributed by atoms with E-state index in [0.29, 0.717) is 41.5 Å². The minimum Gasteiger partial charge on any atom is -0.494 e. The summed E-state index contributed by atoms with van der Waals surface area (Å²) in [5, 5.41) is 21.1. The van der Waals surface area contributed by atoms with E-state index in [1.54, 1.807) is 37.3 Å². The number of piperazine rings is 1. The molecule has 1 aromatic carbocycles. The molecule has 0 saturated carbocycles. The SMILES string of the molecule is CCN1CCN(CCC(=O)Nc2cc(Nc3cccc(-c4ncn(C)n4)c3OC)c(C(=O)NC)nn2)CC1. The number of aromatic nitrogens is 5.